The average molecular weight is 236 g/mol. The van der Waals surface area contributed by atoms with Gasteiger partial charge < -0.3 is 9.63 Å². The molecule has 0 atom stereocenters. The Morgan fingerprint density at radius 1 is 1.53 bits per heavy atom. The maximum absolute atomic E-state index is 13.1. The van der Waals surface area contributed by atoms with Crippen molar-refractivity contribution in [2.24, 2.45) is 0 Å². The molecule has 2 rings (SSSR count). The highest BCUT2D eigenvalue weighted by molar-refractivity contribution is 5.89. The molecule has 0 aliphatic heterocycles. The number of nitrogens with one attached hydrogen (secondary N) is 1. The van der Waals surface area contributed by atoms with Crippen molar-refractivity contribution in [1.29, 1.82) is 0 Å². The van der Waals surface area contributed by atoms with Gasteiger partial charge in [-0.15, -0.1) is 0 Å². The fraction of sp³-hybridized carbons (Fsp3) is 0.0909. The van der Waals surface area contributed by atoms with E-state index >= 15 is 0 Å². The highest BCUT2D eigenvalue weighted by Gasteiger charge is 2.16. The molecule has 2 aromatic rings. The molecule has 0 saturated carbocycles. The molecule has 0 bridgehead atoms. The Labute approximate surface area is 95.9 Å². The molecule has 0 spiro atoms. The van der Waals surface area contributed by atoms with E-state index in [0.29, 0.717) is 11.3 Å². The van der Waals surface area contributed by atoms with Crippen LogP contribution in [0.5, 0.6) is 0 Å². The third-order valence-corrected chi connectivity index (χ3v) is 2.19. The highest BCUT2D eigenvalue weighted by Crippen LogP contribution is 2.30. The van der Waals surface area contributed by atoms with E-state index in [1.54, 1.807) is 13.0 Å². The molecule has 88 valence electrons. The van der Waals surface area contributed by atoms with Gasteiger partial charge >= 0.3 is 6.09 Å². The summed E-state index contributed by atoms with van der Waals surface area (Å²) in [6, 6.07) is 5.68. The standard InChI is InChI=1S/C11H9FN2O3/c1-6-9(13-11(15)16)10(14-17-6)7-3-2-4-8(12)5-7/h2-5,13H,1H3,(H,15,16). The number of carbonyl (C=O) groups is 1. The second-order valence-electron chi connectivity index (χ2n) is 3.40. The Bertz CT molecular complexity index is 566. The number of amides is 1. The summed E-state index contributed by atoms with van der Waals surface area (Å²) < 4.78 is 18.0. The molecule has 1 heterocycles. The minimum Gasteiger partial charge on any atom is -0.465 e. The number of carboxylic acid groups (broad SMARTS) is 1. The first-order valence-electron chi connectivity index (χ1n) is 4.80. The number of benzene rings is 1. The highest BCUT2D eigenvalue weighted by atomic mass is 19.1. The molecule has 5 nitrogen and oxygen atoms in total. The van der Waals surface area contributed by atoms with E-state index in [1.807, 2.05) is 0 Å². The van der Waals surface area contributed by atoms with Gasteiger partial charge in [0.2, 0.25) is 0 Å². The van der Waals surface area contributed by atoms with Crippen molar-refractivity contribution >= 4 is 11.8 Å². The van der Waals surface area contributed by atoms with E-state index in [-0.39, 0.29) is 11.4 Å². The van der Waals surface area contributed by atoms with E-state index in [4.69, 9.17) is 9.63 Å². The number of halogens is 1. The summed E-state index contributed by atoms with van der Waals surface area (Å²) in [4.78, 5) is 10.6. The summed E-state index contributed by atoms with van der Waals surface area (Å²) in [5.41, 5.74) is 0.943. The Morgan fingerprint density at radius 2 is 2.29 bits per heavy atom. The number of hydrogen-bond acceptors (Lipinski definition) is 3. The topological polar surface area (TPSA) is 75.4 Å². The molecule has 1 aromatic heterocycles. The molecule has 1 amide bonds. The van der Waals surface area contributed by atoms with Crippen LogP contribution in [0.15, 0.2) is 28.8 Å². The predicted octanol–water partition coefficient (Wildman–Crippen LogP) is 2.88. The molecule has 0 fully saturated rings. The van der Waals surface area contributed by atoms with Gasteiger partial charge in [-0.05, 0) is 19.1 Å². The van der Waals surface area contributed by atoms with E-state index in [9.17, 15) is 9.18 Å². The van der Waals surface area contributed by atoms with Crippen LogP contribution in [0.25, 0.3) is 11.3 Å². The Balaban J connectivity index is 2.48. The minimum absolute atomic E-state index is 0.225. The van der Waals surface area contributed by atoms with E-state index in [0.717, 1.165) is 0 Å². The summed E-state index contributed by atoms with van der Waals surface area (Å²) in [5.74, 6) is -0.101. The summed E-state index contributed by atoms with van der Waals surface area (Å²) in [7, 11) is 0. The van der Waals surface area contributed by atoms with Crippen LogP contribution in [0.1, 0.15) is 5.76 Å². The van der Waals surface area contributed by atoms with Crippen molar-refractivity contribution in [3.63, 3.8) is 0 Å². The van der Waals surface area contributed by atoms with Gasteiger partial charge in [-0.1, -0.05) is 17.3 Å². The Morgan fingerprint density at radius 3 is 2.94 bits per heavy atom. The smallest absolute Gasteiger partial charge is 0.409 e. The lowest BCUT2D eigenvalue weighted by molar-refractivity contribution is 0.209. The van der Waals surface area contributed by atoms with Crippen LogP contribution < -0.4 is 5.32 Å². The molecule has 0 radical (unpaired) electrons. The monoisotopic (exact) mass is 236 g/mol. The van der Waals surface area contributed by atoms with Crippen molar-refractivity contribution in [3.8, 4) is 11.3 Å². The first-order valence-corrected chi connectivity index (χ1v) is 4.80. The molecule has 0 unspecified atom stereocenters. The number of aryl methyl sites for hydroxylation is 1. The fourth-order valence-corrected chi connectivity index (χ4v) is 1.46. The number of hydrogen-bond donors (Lipinski definition) is 2. The van der Waals surface area contributed by atoms with Gasteiger partial charge in [-0.2, -0.15) is 0 Å². The largest absolute Gasteiger partial charge is 0.465 e. The zero-order valence-corrected chi connectivity index (χ0v) is 8.90. The lowest BCUT2D eigenvalue weighted by Gasteiger charge is -2.01. The van der Waals surface area contributed by atoms with Crippen LogP contribution in [0.2, 0.25) is 0 Å². The predicted molar refractivity (Wildman–Crippen MR) is 58.3 cm³/mol. The molecule has 17 heavy (non-hydrogen) atoms. The zero-order chi connectivity index (χ0) is 12.4. The number of rotatable bonds is 2. The molecule has 0 saturated heterocycles. The number of aromatic nitrogens is 1. The molecule has 1 aromatic carbocycles. The Kier molecular flexibility index (Phi) is 2.78. The van der Waals surface area contributed by atoms with Gasteiger partial charge in [0.15, 0.2) is 5.76 Å². The van der Waals surface area contributed by atoms with Crippen LogP contribution in [0.4, 0.5) is 14.9 Å². The summed E-state index contributed by atoms with van der Waals surface area (Å²) in [5, 5.41) is 14.6. The normalized spacial score (nSPS) is 10.2. The van der Waals surface area contributed by atoms with Crippen LogP contribution in [0, 0.1) is 12.7 Å². The first-order chi connectivity index (χ1) is 8.08. The van der Waals surface area contributed by atoms with Gasteiger partial charge in [0.05, 0.1) is 0 Å². The Hall–Kier alpha value is -2.37. The van der Waals surface area contributed by atoms with E-state index in [2.05, 4.69) is 10.5 Å². The first kappa shape index (κ1) is 11.1. The maximum atomic E-state index is 13.1. The van der Waals surface area contributed by atoms with Crippen LogP contribution >= 0.6 is 0 Å². The van der Waals surface area contributed by atoms with E-state index in [1.165, 1.54) is 18.2 Å². The molecule has 2 N–H and O–H groups in total. The van der Waals surface area contributed by atoms with Crippen molar-refractivity contribution < 1.29 is 18.8 Å². The molecule has 0 aliphatic rings. The number of anilines is 1. The van der Waals surface area contributed by atoms with Gasteiger partial charge in [0.25, 0.3) is 0 Å². The average Bonchev–Trinajstić information content (AvgIpc) is 2.60. The second-order valence-corrected chi connectivity index (χ2v) is 3.40. The molecular weight excluding hydrogens is 227 g/mol. The van der Waals surface area contributed by atoms with Gasteiger partial charge in [0, 0.05) is 5.56 Å². The molecule has 0 aliphatic carbocycles. The van der Waals surface area contributed by atoms with Crippen LogP contribution in [0.3, 0.4) is 0 Å². The lowest BCUT2D eigenvalue weighted by atomic mass is 10.1. The van der Waals surface area contributed by atoms with Gasteiger partial charge in [-0.3, -0.25) is 5.32 Å². The fourth-order valence-electron chi connectivity index (χ4n) is 1.46. The van der Waals surface area contributed by atoms with Crippen molar-refractivity contribution in [1.82, 2.24) is 5.16 Å². The summed E-state index contributed by atoms with van der Waals surface area (Å²) in [6.07, 6.45) is -1.23. The second kappa shape index (κ2) is 4.25. The van der Waals surface area contributed by atoms with E-state index < -0.39 is 11.9 Å². The van der Waals surface area contributed by atoms with Gasteiger partial charge in [0.1, 0.15) is 17.2 Å². The molecular formula is C11H9FN2O3. The molecule has 6 heteroatoms. The zero-order valence-electron chi connectivity index (χ0n) is 8.90. The third-order valence-electron chi connectivity index (χ3n) is 2.19. The quantitative estimate of drug-likeness (QED) is 0.840. The summed E-state index contributed by atoms with van der Waals surface area (Å²) >= 11 is 0. The lowest BCUT2D eigenvalue weighted by Crippen LogP contribution is -2.08. The minimum atomic E-state index is -1.23. The van der Waals surface area contributed by atoms with Crippen LogP contribution in [-0.4, -0.2) is 16.4 Å². The SMILES string of the molecule is Cc1onc(-c2cccc(F)c2)c1NC(=O)O. The van der Waals surface area contributed by atoms with Gasteiger partial charge in [-0.25, -0.2) is 9.18 Å². The van der Waals surface area contributed by atoms with Crippen LogP contribution in [-0.2, 0) is 0 Å². The van der Waals surface area contributed by atoms with Crippen molar-refractivity contribution in [3.05, 3.63) is 35.8 Å². The van der Waals surface area contributed by atoms with Crippen molar-refractivity contribution in [2.45, 2.75) is 6.92 Å². The summed E-state index contributed by atoms with van der Waals surface area (Å²) in [6.45, 7) is 1.57. The third kappa shape index (κ3) is 2.25. The van der Waals surface area contributed by atoms with Crippen molar-refractivity contribution in [2.75, 3.05) is 5.32 Å². The maximum Gasteiger partial charge on any atom is 0.409 e. The number of nitrogens with zero attached hydrogens (tertiary/aromatic N) is 1.